The number of hydrogen-bond donors (Lipinski definition) is 0. The van der Waals surface area contributed by atoms with Crippen LogP contribution in [0.1, 0.15) is 41.4 Å². The number of aromatic nitrogens is 2. The number of morpholine rings is 1. The highest BCUT2D eigenvalue weighted by atomic mass is 32.1. The predicted molar refractivity (Wildman–Crippen MR) is 117 cm³/mol. The molecule has 0 bridgehead atoms. The van der Waals surface area contributed by atoms with Gasteiger partial charge in [0.1, 0.15) is 23.3 Å². The molecule has 0 saturated carbocycles. The number of carbonyl (C=O) groups is 1. The fourth-order valence-corrected chi connectivity index (χ4v) is 5.69. The topological polar surface area (TPSA) is 64.4 Å². The van der Waals surface area contributed by atoms with Gasteiger partial charge in [-0.05, 0) is 48.9 Å². The molecular formula is C23H24FN3O3S. The first-order chi connectivity index (χ1) is 15.1. The average Bonchev–Trinajstić information content (AvgIpc) is 2.98. The van der Waals surface area contributed by atoms with Crippen molar-refractivity contribution in [3.8, 4) is 0 Å². The molecule has 1 saturated heterocycles. The lowest BCUT2D eigenvalue weighted by atomic mass is 10.1. The molecule has 1 aliphatic carbocycles. The number of aryl methyl sites for hydroxylation is 2. The van der Waals surface area contributed by atoms with Gasteiger partial charge < -0.3 is 9.64 Å². The van der Waals surface area contributed by atoms with Crippen molar-refractivity contribution in [2.24, 2.45) is 0 Å². The number of amides is 1. The molecule has 3 aromatic rings. The summed E-state index contributed by atoms with van der Waals surface area (Å²) in [5, 5.41) is 0.698. The second-order valence-corrected chi connectivity index (χ2v) is 9.26. The molecule has 162 valence electrons. The monoisotopic (exact) mass is 441 g/mol. The number of fused-ring (bicyclic) bond motifs is 3. The van der Waals surface area contributed by atoms with Gasteiger partial charge in [0.2, 0.25) is 5.91 Å². The van der Waals surface area contributed by atoms with Gasteiger partial charge in [0, 0.05) is 11.4 Å². The third kappa shape index (κ3) is 4.02. The number of nitrogens with zero attached hydrogens (tertiary/aromatic N) is 3. The van der Waals surface area contributed by atoms with Gasteiger partial charge in [0.15, 0.2) is 0 Å². The number of benzene rings is 1. The minimum atomic E-state index is -0.305. The molecule has 2 aliphatic rings. The summed E-state index contributed by atoms with van der Waals surface area (Å²) in [7, 11) is 0. The Labute approximate surface area is 183 Å². The van der Waals surface area contributed by atoms with E-state index in [1.807, 2.05) is 0 Å². The molecule has 1 atom stereocenters. The van der Waals surface area contributed by atoms with Crippen LogP contribution in [-0.2, 0) is 28.9 Å². The molecule has 6 nitrogen and oxygen atoms in total. The summed E-state index contributed by atoms with van der Waals surface area (Å²) in [5.41, 5.74) is 1.85. The van der Waals surface area contributed by atoms with Crippen LogP contribution in [0, 0.1) is 5.82 Å². The Bertz CT molecular complexity index is 1170. The molecule has 31 heavy (non-hydrogen) atoms. The number of hydrogen-bond acceptors (Lipinski definition) is 5. The van der Waals surface area contributed by atoms with Gasteiger partial charge in [-0.2, -0.15) is 0 Å². The highest BCUT2D eigenvalue weighted by Gasteiger charge is 2.26. The van der Waals surface area contributed by atoms with E-state index in [0.717, 1.165) is 41.6 Å². The predicted octanol–water partition coefficient (Wildman–Crippen LogP) is 3.47. The molecule has 0 spiro atoms. The highest BCUT2D eigenvalue weighted by Crippen LogP contribution is 2.32. The summed E-state index contributed by atoms with van der Waals surface area (Å²) in [4.78, 5) is 34.5. The first kappa shape index (κ1) is 20.3. The van der Waals surface area contributed by atoms with Crippen LogP contribution in [0.4, 0.5) is 4.39 Å². The van der Waals surface area contributed by atoms with Gasteiger partial charge in [-0.15, -0.1) is 11.3 Å². The number of ether oxygens (including phenoxy) is 1. The SMILES string of the molecule is O=C(Cn1cnc2sc3c(c2c1=O)CCCCC3)N1CCOC(c2ccc(F)cc2)C1. The van der Waals surface area contributed by atoms with E-state index in [4.69, 9.17) is 4.74 Å². The van der Waals surface area contributed by atoms with Crippen molar-refractivity contribution in [3.63, 3.8) is 0 Å². The van der Waals surface area contributed by atoms with Crippen molar-refractivity contribution in [2.75, 3.05) is 19.7 Å². The Morgan fingerprint density at radius 3 is 2.84 bits per heavy atom. The van der Waals surface area contributed by atoms with E-state index in [1.165, 1.54) is 34.3 Å². The summed E-state index contributed by atoms with van der Waals surface area (Å²) in [6.07, 6.45) is 6.53. The molecule has 1 amide bonds. The lowest BCUT2D eigenvalue weighted by molar-refractivity contribution is -0.139. The van der Waals surface area contributed by atoms with E-state index in [-0.39, 0.29) is 29.9 Å². The Hall–Kier alpha value is -2.58. The van der Waals surface area contributed by atoms with Gasteiger partial charge in [-0.25, -0.2) is 9.37 Å². The summed E-state index contributed by atoms with van der Waals surface area (Å²) in [6.45, 7) is 1.21. The molecule has 2 aromatic heterocycles. The van der Waals surface area contributed by atoms with Crippen molar-refractivity contribution in [3.05, 3.63) is 62.8 Å². The quantitative estimate of drug-likeness (QED) is 0.584. The third-order valence-electron chi connectivity index (χ3n) is 6.16. The van der Waals surface area contributed by atoms with Crippen molar-refractivity contribution >= 4 is 27.5 Å². The van der Waals surface area contributed by atoms with Gasteiger partial charge in [0.25, 0.3) is 5.56 Å². The summed E-state index contributed by atoms with van der Waals surface area (Å²) in [5.74, 6) is -0.443. The van der Waals surface area contributed by atoms with Gasteiger partial charge in [0.05, 0.1) is 24.9 Å². The van der Waals surface area contributed by atoms with Crippen LogP contribution in [0.5, 0.6) is 0 Å². The zero-order chi connectivity index (χ0) is 21.4. The number of halogens is 1. The first-order valence-electron chi connectivity index (χ1n) is 10.7. The molecule has 0 radical (unpaired) electrons. The summed E-state index contributed by atoms with van der Waals surface area (Å²) >= 11 is 1.62. The van der Waals surface area contributed by atoms with E-state index >= 15 is 0 Å². The molecule has 0 N–H and O–H groups in total. The molecule has 1 unspecified atom stereocenters. The van der Waals surface area contributed by atoms with Gasteiger partial charge in [-0.1, -0.05) is 18.6 Å². The largest absolute Gasteiger partial charge is 0.370 e. The normalized spacial score (nSPS) is 19.3. The Kier molecular flexibility index (Phi) is 5.58. The molecular weight excluding hydrogens is 417 g/mol. The van der Waals surface area contributed by atoms with E-state index in [0.29, 0.717) is 25.1 Å². The van der Waals surface area contributed by atoms with Crippen molar-refractivity contribution < 1.29 is 13.9 Å². The first-order valence-corrected chi connectivity index (χ1v) is 11.6. The lowest BCUT2D eigenvalue weighted by Gasteiger charge is -2.33. The summed E-state index contributed by atoms with van der Waals surface area (Å²) < 4.78 is 20.4. The smallest absolute Gasteiger partial charge is 0.262 e. The Morgan fingerprint density at radius 2 is 2.00 bits per heavy atom. The molecule has 3 heterocycles. The average molecular weight is 442 g/mol. The minimum Gasteiger partial charge on any atom is -0.370 e. The number of rotatable bonds is 3. The standard InChI is InChI=1S/C23H24FN3O3S/c24-16-8-6-15(7-9-16)18-12-26(10-11-30-18)20(28)13-27-14-25-22-21(23(27)29)17-4-2-1-3-5-19(17)31-22/h6-9,14,18H,1-5,10-13H2. The maximum atomic E-state index is 13.2. The van der Waals surface area contributed by atoms with Crippen molar-refractivity contribution in [2.45, 2.75) is 44.8 Å². The minimum absolute atomic E-state index is 0.0392. The fraction of sp³-hybridized carbons (Fsp3) is 0.435. The van der Waals surface area contributed by atoms with Gasteiger partial charge >= 0.3 is 0 Å². The lowest BCUT2D eigenvalue weighted by Crippen LogP contribution is -2.44. The van der Waals surface area contributed by atoms with Crippen LogP contribution >= 0.6 is 11.3 Å². The van der Waals surface area contributed by atoms with E-state index in [9.17, 15) is 14.0 Å². The molecule has 1 aliphatic heterocycles. The van der Waals surface area contributed by atoms with Crippen LogP contribution in [-0.4, -0.2) is 40.1 Å². The fourth-order valence-electron chi connectivity index (χ4n) is 4.47. The van der Waals surface area contributed by atoms with Gasteiger partial charge in [-0.3, -0.25) is 14.2 Å². The zero-order valence-corrected chi connectivity index (χ0v) is 18.0. The Morgan fingerprint density at radius 1 is 1.19 bits per heavy atom. The van der Waals surface area contributed by atoms with Crippen LogP contribution in [0.2, 0.25) is 0 Å². The molecule has 1 fully saturated rings. The van der Waals surface area contributed by atoms with Crippen molar-refractivity contribution in [1.82, 2.24) is 14.5 Å². The van der Waals surface area contributed by atoms with Crippen molar-refractivity contribution in [1.29, 1.82) is 0 Å². The van der Waals surface area contributed by atoms with Crippen LogP contribution in [0.25, 0.3) is 10.2 Å². The van der Waals surface area contributed by atoms with Crippen LogP contribution in [0.15, 0.2) is 35.4 Å². The maximum Gasteiger partial charge on any atom is 0.262 e. The van der Waals surface area contributed by atoms with Crippen LogP contribution < -0.4 is 5.56 Å². The molecule has 5 rings (SSSR count). The maximum absolute atomic E-state index is 13.2. The van der Waals surface area contributed by atoms with E-state index < -0.39 is 0 Å². The Balaban J connectivity index is 1.36. The molecule has 1 aromatic carbocycles. The number of carbonyl (C=O) groups excluding carboxylic acids is 1. The zero-order valence-electron chi connectivity index (χ0n) is 17.2. The second-order valence-electron chi connectivity index (χ2n) is 8.17. The van der Waals surface area contributed by atoms with E-state index in [2.05, 4.69) is 4.98 Å². The van der Waals surface area contributed by atoms with Crippen LogP contribution in [0.3, 0.4) is 0 Å². The second kappa shape index (κ2) is 8.51. The number of thiophene rings is 1. The summed E-state index contributed by atoms with van der Waals surface area (Å²) in [6, 6.07) is 6.14. The van der Waals surface area contributed by atoms with E-state index in [1.54, 1.807) is 28.4 Å². The molecule has 8 heteroatoms. The third-order valence-corrected chi connectivity index (χ3v) is 7.36. The highest BCUT2D eigenvalue weighted by molar-refractivity contribution is 7.18.